The fourth-order valence-electron chi connectivity index (χ4n) is 1.41. The summed E-state index contributed by atoms with van der Waals surface area (Å²) in [5, 5.41) is 0. The number of benzene rings is 1. The maximum Gasteiger partial charge on any atom is 0.0988 e. The molecule has 0 aromatic heterocycles. The van der Waals surface area contributed by atoms with Crippen molar-refractivity contribution < 1.29 is 4.21 Å². The number of nitrogens with zero attached hydrogens (tertiary/aromatic N) is 1. The van der Waals surface area contributed by atoms with Crippen LogP contribution in [0.25, 0.3) is 0 Å². The van der Waals surface area contributed by atoms with Crippen LogP contribution in [0.4, 0.5) is 0 Å². The van der Waals surface area contributed by atoms with Gasteiger partial charge in [0.2, 0.25) is 0 Å². The molecule has 72 valence electrons. The van der Waals surface area contributed by atoms with Gasteiger partial charge >= 0.3 is 0 Å². The summed E-state index contributed by atoms with van der Waals surface area (Å²) in [6, 6.07) is 8.19. The molecular formula is C10H15NOS. The Labute approximate surface area is 82.2 Å². The standard InChI is InChI=1S/C9H11NOS.CH4/c1-10-6-8-4-2-3-5-9(8)7-12(10)11;/h2-5H,6-7H2,1H3;1H4. The van der Waals surface area contributed by atoms with E-state index in [9.17, 15) is 4.21 Å². The minimum atomic E-state index is -0.813. The second-order valence-corrected chi connectivity index (χ2v) is 4.58. The third-order valence-corrected chi connectivity index (χ3v) is 3.52. The van der Waals surface area contributed by atoms with Crippen molar-refractivity contribution in [2.24, 2.45) is 0 Å². The van der Waals surface area contributed by atoms with Crippen LogP contribution in [0, 0.1) is 0 Å². The topological polar surface area (TPSA) is 20.3 Å². The second kappa shape index (κ2) is 4.03. The van der Waals surface area contributed by atoms with Crippen LogP contribution < -0.4 is 0 Å². The van der Waals surface area contributed by atoms with Gasteiger partial charge in [-0.05, 0) is 11.1 Å². The zero-order chi connectivity index (χ0) is 8.55. The molecule has 1 aliphatic rings. The summed E-state index contributed by atoms with van der Waals surface area (Å²) in [6.07, 6.45) is 0. The molecule has 0 N–H and O–H groups in total. The molecule has 1 aromatic rings. The van der Waals surface area contributed by atoms with E-state index in [4.69, 9.17) is 0 Å². The molecular weight excluding hydrogens is 182 g/mol. The van der Waals surface area contributed by atoms with Crippen molar-refractivity contribution in [1.29, 1.82) is 0 Å². The molecule has 1 aliphatic heterocycles. The zero-order valence-electron chi connectivity index (χ0n) is 6.99. The molecule has 2 rings (SSSR count). The van der Waals surface area contributed by atoms with E-state index in [-0.39, 0.29) is 7.43 Å². The Hall–Kier alpha value is -0.670. The molecule has 0 bridgehead atoms. The second-order valence-electron chi connectivity index (χ2n) is 3.02. The number of hydrogen-bond acceptors (Lipinski definition) is 1. The summed E-state index contributed by atoms with van der Waals surface area (Å²) in [7, 11) is 1.08. The van der Waals surface area contributed by atoms with Gasteiger partial charge in [0.1, 0.15) is 0 Å². The molecule has 1 aromatic carbocycles. The van der Waals surface area contributed by atoms with Crippen LogP contribution in [0.15, 0.2) is 24.3 Å². The lowest BCUT2D eigenvalue weighted by Crippen LogP contribution is -2.27. The van der Waals surface area contributed by atoms with Gasteiger partial charge in [0.25, 0.3) is 0 Å². The van der Waals surface area contributed by atoms with Crippen LogP contribution in [0.5, 0.6) is 0 Å². The molecule has 3 heteroatoms. The molecule has 0 saturated carbocycles. The smallest absolute Gasteiger partial charge is 0.0988 e. The van der Waals surface area contributed by atoms with E-state index in [1.807, 2.05) is 23.5 Å². The van der Waals surface area contributed by atoms with Gasteiger partial charge in [0.05, 0.1) is 16.7 Å². The Morgan fingerprint density at radius 2 is 1.92 bits per heavy atom. The van der Waals surface area contributed by atoms with Gasteiger partial charge in [-0.2, -0.15) is 0 Å². The van der Waals surface area contributed by atoms with Crippen LogP contribution in [0.1, 0.15) is 18.6 Å². The minimum absolute atomic E-state index is 0. The number of hydrogen-bond donors (Lipinski definition) is 0. The van der Waals surface area contributed by atoms with Gasteiger partial charge in [0, 0.05) is 13.6 Å². The van der Waals surface area contributed by atoms with Crippen LogP contribution >= 0.6 is 0 Å². The van der Waals surface area contributed by atoms with Gasteiger partial charge in [-0.1, -0.05) is 31.7 Å². The summed E-state index contributed by atoms with van der Waals surface area (Å²) in [5.41, 5.74) is 2.54. The van der Waals surface area contributed by atoms with E-state index in [1.54, 1.807) is 0 Å². The fraction of sp³-hybridized carbons (Fsp3) is 0.400. The van der Waals surface area contributed by atoms with Crippen LogP contribution in [0.3, 0.4) is 0 Å². The molecule has 0 radical (unpaired) electrons. The Morgan fingerprint density at radius 3 is 2.62 bits per heavy atom. The average Bonchev–Trinajstić information content (AvgIpc) is 2.07. The molecule has 0 amide bonds. The maximum atomic E-state index is 11.4. The normalized spacial score (nSPS) is 21.8. The van der Waals surface area contributed by atoms with Crippen LogP contribution in [-0.2, 0) is 23.3 Å². The van der Waals surface area contributed by atoms with Gasteiger partial charge < -0.3 is 0 Å². The predicted molar refractivity (Wildman–Crippen MR) is 56.5 cm³/mol. The first-order valence-electron chi connectivity index (χ1n) is 3.94. The Bertz CT molecular complexity index is 324. The molecule has 0 fully saturated rings. The summed E-state index contributed by atoms with van der Waals surface area (Å²) < 4.78 is 13.3. The Balaban J connectivity index is 0.000000845. The largest absolute Gasteiger partial charge is 0.242 e. The molecule has 0 spiro atoms. The highest BCUT2D eigenvalue weighted by molar-refractivity contribution is 7.81. The first-order valence-corrected chi connectivity index (χ1v) is 5.21. The third-order valence-electron chi connectivity index (χ3n) is 2.14. The highest BCUT2D eigenvalue weighted by atomic mass is 32.2. The summed E-state index contributed by atoms with van der Waals surface area (Å²) in [5.74, 6) is 0.673. The highest BCUT2D eigenvalue weighted by Crippen LogP contribution is 2.19. The third kappa shape index (κ3) is 1.98. The maximum absolute atomic E-state index is 11.4. The van der Waals surface area contributed by atoms with E-state index < -0.39 is 11.0 Å². The predicted octanol–water partition coefficient (Wildman–Crippen LogP) is 1.93. The van der Waals surface area contributed by atoms with Gasteiger partial charge in [-0.15, -0.1) is 0 Å². The lowest BCUT2D eigenvalue weighted by atomic mass is 10.1. The van der Waals surface area contributed by atoms with Crippen LogP contribution in [0.2, 0.25) is 0 Å². The van der Waals surface area contributed by atoms with E-state index in [0.29, 0.717) is 5.75 Å². The number of fused-ring (bicyclic) bond motifs is 1. The molecule has 0 aliphatic carbocycles. The molecule has 1 atom stereocenters. The molecule has 1 heterocycles. The molecule has 13 heavy (non-hydrogen) atoms. The highest BCUT2D eigenvalue weighted by Gasteiger charge is 2.17. The molecule has 0 saturated heterocycles. The Morgan fingerprint density at radius 1 is 1.31 bits per heavy atom. The van der Waals surface area contributed by atoms with Crippen molar-refractivity contribution in [2.75, 3.05) is 7.05 Å². The summed E-state index contributed by atoms with van der Waals surface area (Å²) in [4.78, 5) is 0. The first kappa shape index (κ1) is 10.4. The Kier molecular flexibility index (Phi) is 3.22. The van der Waals surface area contributed by atoms with E-state index in [2.05, 4.69) is 12.1 Å². The summed E-state index contributed by atoms with van der Waals surface area (Å²) >= 11 is 0. The van der Waals surface area contributed by atoms with Gasteiger partial charge in [-0.3, -0.25) is 0 Å². The van der Waals surface area contributed by atoms with Crippen LogP contribution in [-0.4, -0.2) is 15.6 Å². The fourth-order valence-corrected chi connectivity index (χ4v) is 2.46. The average molecular weight is 197 g/mol. The zero-order valence-corrected chi connectivity index (χ0v) is 7.80. The van der Waals surface area contributed by atoms with Gasteiger partial charge in [0.15, 0.2) is 0 Å². The van der Waals surface area contributed by atoms with Crippen molar-refractivity contribution in [2.45, 2.75) is 19.7 Å². The van der Waals surface area contributed by atoms with Crippen molar-refractivity contribution in [3.05, 3.63) is 35.4 Å². The molecule has 2 nitrogen and oxygen atoms in total. The van der Waals surface area contributed by atoms with Crippen molar-refractivity contribution in [1.82, 2.24) is 4.31 Å². The van der Waals surface area contributed by atoms with Crippen molar-refractivity contribution in [3.63, 3.8) is 0 Å². The lowest BCUT2D eigenvalue weighted by molar-refractivity contribution is 0.507. The molecule has 1 unspecified atom stereocenters. The van der Waals surface area contributed by atoms with Gasteiger partial charge in [-0.25, -0.2) is 8.51 Å². The number of rotatable bonds is 0. The lowest BCUT2D eigenvalue weighted by Gasteiger charge is -2.23. The van der Waals surface area contributed by atoms with Crippen molar-refractivity contribution >= 4 is 11.0 Å². The van der Waals surface area contributed by atoms with E-state index >= 15 is 0 Å². The summed E-state index contributed by atoms with van der Waals surface area (Å²) in [6.45, 7) is 0.808. The minimum Gasteiger partial charge on any atom is -0.242 e. The van der Waals surface area contributed by atoms with E-state index in [1.165, 1.54) is 11.1 Å². The SMILES string of the molecule is C.CN1Cc2ccccc2CS1=O. The van der Waals surface area contributed by atoms with Crippen molar-refractivity contribution in [3.8, 4) is 0 Å². The quantitative estimate of drug-likeness (QED) is 0.622. The first-order chi connectivity index (χ1) is 5.77. The van der Waals surface area contributed by atoms with E-state index in [0.717, 1.165) is 6.54 Å². The monoisotopic (exact) mass is 197 g/mol.